The van der Waals surface area contributed by atoms with Crippen LogP contribution in [0.15, 0.2) is 12.1 Å². The van der Waals surface area contributed by atoms with E-state index >= 15 is 0 Å². The number of ether oxygens (including phenoxy) is 1. The number of anilines is 2. The predicted octanol–water partition coefficient (Wildman–Crippen LogP) is 1.99. The Balaban J connectivity index is 3.16. The number of hydrogen-bond acceptors (Lipinski definition) is 5. The summed E-state index contributed by atoms with van der Waals surface area (Å²) in [5, 5.41) is 3.21. The topological polar surface area (TPSA) is 84.7 Å². The summed E-state index contributed by atoms with van der Waals surface area (Å²) in [7, 11) is 3.30. The molecule has 1 atom stereocenters. The van der Waals surface area contributed by atoms with E-state index in [9.17, 15) is 9.59 Å². The molecule has 0 heterocycles. The van der Waals surface area contributed by atoms with Gasteiger partial charge in [-0.25, -0.2) is 4.79 Å². The molecule has 0 saturated carbocycles. The van der Waals surface area contributed by atoms with Gasteiger partial charge in [-0.15, -0.1) is 0 Å². The molecule has 6 nitrogen and oxygen atoms in total. The van der Waals surface area contributed by atoms with E-state index in [4.69, 9.17) is 22.1 Å². The SMILES string of the molecule is CCOC(=O)c1cc(N)cc(Cl)c1NC(C)C(=O)N(C)C. The average molecular weight is 314 g/mol. The number of amides is 1. The third-order valence-electron chi connectivity index (χ3n) is 2.78. The Morgan fingerprint density at radius 2 is 2.05 bits per heavy atom. The lowest BCUT2D eigenvalue weighted by molar-refractivity contribution is -0.129. The fourth-order valence-corrected chi connectivity index (χ4v) is 2.09. The van der Waals surface area contributed by atoms with Gasteiger partial charge in [-0.3, -0.25) is 4.79 Å². The second-order valence-electron chi connectivity index (χ2n) is 4.74. The molecule has 0 aliphatic heterocycles. The van der Waals surface area contributed by atoms with Crippen LogP contribution >= 0.6 is 11.6 Å². The van der Waals surface area contributed by atoms with Gasteiger partial charge in [-0.05, 0) is 26.0 Å². The first kappa shape index (κ1) is 17.1. The number of nitrogens with two attached hydrogens (primary N) is 1. The van der Waals surface area contributed by atoms with Crippen molar-refractivity contribution in [3.05, 3.63) is 22.7 Å². The number of rotatable bonds is 5. The first-order valence-corrected chi connectivity index (χ1v) is 6.89. The molecule has 0 fully saturated rings. The zero-order valence-electron chi connectivity index (χ0n) is 12.6. The van der Waals surface area contributed by atoms with E-state index < -0.39 is 12.0 Å². The highest BCUT2D eigenvalue weighted by Crippen LogP contribution is 2.30. The summed E-state index contributed by atoms with van der Waals surface area (Å²) in [5.74, 6) is -0.684. The zero-order chi connectivity index (χ0) is 16.2. The number of likely N-dealkylation sites (N-methyl/N-ethyl adjacent to an activating group) is 1. The van der Waals surface area contributed by atoms with Crippen molar-refractivity contribution in [3.8, 4) is 0 Å². The number of nitrogens with zero attached hydrogens (tertiary/aromatic N) is 1. The van der Waals surface area contributed by atoms with E-state index in [0.29, 0.717) is 11.4 Å². The number of carbonyl (C=O) groups excluding carboxylic acids is 2. The smallest absolute Gasteiger partial charge is 0.340 e. The number of hydrogen-bond donors (Lipinski definition) is 2. The minimum Gasteiger partial charge on any atom is -0.462 e. The van der Waals surface area contributed by atoms with Crippen molar-refractivity contribution in [1.82, 2.24) is 4.90 Å². The third-order valence-corrected chi connectivity index (χ3v) is 3.08. The zero-order valence-corrected chi connectivity index (χ0v) is 13.3. The first-order chi connectivity index (χ1) is 9.77. The van der Waals surface area contributed by atoms with Crippen molar-refractivity contribution < 1.29 is 14.3 Å². The van der Waals surface area contributed by atoms with Crippen LogP contribution in [-0.4, -0.2) is 43.5 Å². The van der Waals surface area contributed by atoms with Crippen LogP contribution in [-0.2, 0) is 9.53 Å². The van der Waals surface area contributed by atoms with Crippen molar-refractivity contribution in [2.75, 3.05) is 31.8 Å². The van der Waals surface area contributed by atoms with Crippen LogP contribution in [0.5, 0.6) is 0 Å². The van der Waals surface area contributed by atoms with E-state index in [-0.39, 0.29) is 23.1 Å². The van der Waals surface area contributed by atoms with Gasteiger partial charge in [-0.1, -0.05) is 11.6 Å². The van der Waals surface area contributed by atoms with Gasteiger partial charge in [-0.2, -0.15) is 0 Å². The molecular formula is C14H20ClN3O3. The number of benzene rings is 1. The average Bonchev–Trinajstić information content (AvgIpc) is 2.40. The molecule has 21 heavy (non-hydrogen) atoms. The van der Waals surface area contributed by atoms with Gasteiger partial charge >= 0.3 is 5.97 Å². The molecule has 1 unspecified atom stereocenters. The van der Waals surface area contributed by atoms with Crippen LogP contribution < -0.4 is 11.1 Å². The molecule has 116 valence electrons. The lowest BCUT2D eigenvalue weighted by Crippen LogP contribution is -2.37. The molecule has 1 aromatic rings. The molecule has 0 bridgehead atoms. The van der Waals surface area contributed by atoms with E-state index in [2.05, 4.69) is 5.32 Å². The normalized spacial score (nSPS) is 11.7. The van der Waals surface area contributed by atoms with Gasteiger partial charge in [0.2, 0.25) is 5.91 Å². The Morgan fingerprint density at radius 3 is 2.57 bits per heavy atom. The number of halogens is 1. The van der Waals surface area contributed by atoms with Crippen molar-refractivity contribution >= 4 is 34.9 Å². The molecule has 0 spiro atoms. The molecule has 7 heteroatoms. The van der Waals surface area contributed by atoms with Gasteiger partial charge < -0.3 is 20.7 Å². The van der Waals surface area contributed by atoms with Crippen molar-refractivity contribution in [2.45, 2.75) is 19.9 Å². The molecule has 0 aliphatic rings. The molecule has 1 rings (SSSR count). The van der Waals surface area contributed by atoms with Crippen LogP contribution in [0.1, 0.15) is 24.2 Å². The summed E-state index contributed by atoms with van der Waals surface area (Å²) in [4.78, 5) is 25.3. The number of nitrogen functional groups attached to an aromatic ring is 1. The quantitative estimate of drug-likeness (QED) is 0.641. The highest BCUT2D eigenvalue weighted by Gasteiger charge is 2.21. The van der Waals surface area contributed by atoms with E-state index in [1.165, 1.54) is 17.0 Å². The van der Waals surface area contributed by atoms with Crippen LogP contribution in [0.25, 0.3) is 0 Å². The predicted molar refractivity (Wildman–Crippen MR) is 83.6 cm³/mol. The van der Waals surface area contributed by atoms with Gasteiger partial charge in [0.05, 0.1) is 22.9 Å². The van der Waals surface area contributed by atoms with Crippen LogP contribution in [0.3, 0.4) is 0 Å². The Labute approximate surface area is 129 Å². The highest BCUT2D eigenvalue weighted by molar-refractivity contribution is 6.34. The molecule has 0 aliphatic carbocycles. The van der Waals surface area contributed by atoms with Crippen molar-refractivity contribution in [3.63, 3.8) is 0 Å². The standard InChI is InChI=1S/C14H20ClN3O3/c1-5-21-14(20)10-6-9(16)7-11(15)12(10)17-8(2)13(19)18(3)4/h6-8,17H,5,16H2,1-4H3. The minimum atomic E-state index is -0.547. The highest BCUT2D eigenvalue weighted by atomic mass is 35.5. The molecular weight excluding hydrogens is 294 g/mol. The number of carbonyl (C=O) groups is 2. The van der Waals surface area contributed by atoms with Crippen LogP contribution in [0, 0.1) is 0 Å². The van der Waals surface area contributed by atoms with Gasteiger partial charge in [0.15, 0.2) is 0 Å². The van der Waals surface area contributed by atoms with E-state index in [1.807, 2.05) is 0 Å². The van der Waals surface area contributed by atoms with Crippen molar-refractivity contribution in [2.24, 2.45) is 0 Å². The Morgan fingerprint density at radius 1 is 1.43 bits per heavy atom. The van der Waals surface area contributed by atoms with E-state index in [1.54, 1.807) is 27.9 Å². The molecule has 0 saturated heterocycles. The Bertz CT molecular complexity index is 547. The minimum absolute atomic E-state index is 0.141. The number of esters is 1. The summed E-state index contributed by atoms with van der Waals surface area (Å²) < 4.78 is 4.98. The third kappa shape index (κ3) is 4.26. The van der Waals surface area contributed by atoms with Gasteiger partial charge in [0.25, 0.3) is 0 Å². The maximum atomic E-state index is 12.0. The summed E-state index contributed by atoms with van der Waals surface area (Å²) >= 11 is 6.13. The molecule has 1 amide bonds. The summed E-state index contributed by atoms with van der Waals surface area (Å²) in [6, 6.07) is 2.44. The Kier molecular flexibility index (Phi) is 5.84. The first-order valence-electron chi connectivity index (χ1n) is 6.51. The number of nitrogens with one attached hydrogen (secondary N) is 1. The monoisotopic (exact) mass is 313 g/mol. The summed E-state index contributed by atoms with van der Waals surface area (Å²) in [6.45, 7) is 3.62. The maximum absolute atomic E-state index is 12.0. The molecule has 1 aromatic carbocycles. The maximum Gasteiger partial charge on any atom is 0.340 e. The fourth-order valence-electron chi connectivity index (χ4n) is 1.81. The second-order valence-corrected chi connectivity index (χ2v) is 5.15. The molecule has 0 radical (unpaired) electrons. The van der Waals surface area contributed by atoms with Crippen LogP contribution in [0.4, 0.5) is 11.4 Å². The van der Waals surface area contributed by atoms with Crippen LogP contribution in [0.2, 0.25) is 5.02 Å². The van der Waals surface area contributed by atoms with E-state index in [0.717, 1.165) is 0 Å². The second kappa shape index (κ2) is 7.17. The lowest BCUT2D eigenvalue weighted by atomic mass is 10.1. The molecule has 3 N–H and O–H groups in total. The largest absolute Gasteiger partial charge is 0.462 e. The molecule has 0 aromatic heterocycles. The fraction of sp³-hybridized carbons (Fsp3) is 0.429. The summed E-state index contributed by atoms with van der Waals surface area (Å²) in [6.07, 6.45) is 0. The Hall–Kier alpha value is -1.95. The lowest BCUT2D eigenvalue weighted by Gasteiger charge is -2.21. The van der Waals surface area contributed by atoms with Crippen molar-refractivity contribution in [1.29, 1.82) is 0 Å². The van der Waals surface area contributed by atoms with Gasteiger partial charge in [0.1, 0.15) is 6.04 Å². The summed E-state index contributed by atoms with van der Waals surface area (Å²) in [5.41, 5.74) is 6.60. The van der Waals surface area contributed by atoms with Gasteiger partial charge in [0, 0.05) is 19.8 Å².